The minimum Gasteiger partial charge on any atom is -0.356 e. The number of carbonyl (C=O) groups is 1. The van der Waals surface area contributed by atoms with Crippen LogP contribution in [0.3, 0.4) is 0 Å². The highest BCUT2D eigenvalue weighted by atomic mass is 127. The van der Waals surface area contributed by atoms with E-state index in [0.717, 1.165) is 37.2 Å². The van der Waals surface area contributed by atoms with Crippen molar-refractivity contribution in [3.8, 4) is 0 Å². The molecule has 1 heterocycles. The van der Waals surface area contributed by atoms with Crippen LogP contribution >= 0.6 is 24.0 Å². The molecule has 6 nitrogen and oxygen atoms in total. The van der Waals surface area contributed by atoms with Crippen molar-refractivity contribution in [2.75, 3.05) is 46.8 Å². The highest BCUT2D eigenvalue weighted by Gasteiger charge is 2.22. The van der Waals surface area contributed by atoms with Crippen molar-refractivity contribution in [1.82, 2.24) is 20.4 Å². The molecule has 1 saturated heterocycles. The molecule has 164 valence electrons. The third-order valence-electron chi connectivity index (χ3n) is 5.27. The van der Waals surface area contributed by atoms with E-state index in [4.69, 9.17) is 0 Å². The summed E-state index contributed by atoms with van der Waals surface area (Å²) in [5.74, 6) is 0.404. The van der Waals surface area contributed by atoms with Crippen molar-refractivity contribution in [1.29, 1.82) is 0 Å². The average molecular weight is 519 g/mol. The van der Waals surface area contributed by atoms with Gasteiger partial charge in [-0.1, -0.05) is 13.0 Å². The van der Waals surface area contributed by atoms with Gasteiger partial charge in [-0.15, -0.1) is 24.0 Å². The maximum Gasteiger partial charge on any atom is 0.243 e. The highest BCUT2D eigenvalue weighted by molar-refractivity contribution is 14.0. The van der Waals surface area contributed by atoms with Gasteiger partial charge in [-0.05, 0) is 62.5 Å². The molecule has 0 aliphatic carbocycles. The van der Waals surface area contributed by atoms with Crippen LogP contribution in [0.4, 0.5) is 4.39 Å². The van der Waals surface area contributed by atoms with Crippen molar-refractivity contribution in [2.24, 2.45) is 4.99 Å². The summed E-state index contributed by atoms with van der Waals surface area (Å²) in [5.41, 5.74) is 2.05. The molecule has 1 unspecified atom stereocenters. The van der Waals surface area contributed by atoms with Crippen LogP contribution in [-0.2, 0) is 11.2 Å². The van der Waals surface area contributed by atoms with Crippen molar-refractivity contribution in [2.45, 2.75) is 39.2 Å². The molecule has 8 heteroatoms. The first-order chi connectivity index (χ1) is 13.4. The van der Waals surface area contributed by atoms with E-state index in [1.54, 1.807) is 25.1 Å². The number of nitrogens with zero attached hydrogens (tertiary/aromatic N) is 3. The van der Waals surface area contributed by atoms with Gasteiger partial charge in [-0.25, -0.2) is 9.38 Å². The number of benzene rings is 1. The van der Waals surface area contributed by atoms with E-state index >= 15 is 0 Å². The Bertz CT molecular complexity index is 683. The Balaban J connectivity index is 0.00000420. The summed E-state index contributed by atoms with van der Waals surface area (Å²) in [7, 11) is 3.46. The predicted molar refractivity (Wildman–Crippen MR) is 128 cm³/mol. The first-order valence-electron chi connectivity index (χ1n) is 10.1. The summed E-state index contributed by atoms with van der Waals surface area (Å²) >= 11 is 0. The standard InChI is InChI=1S/C21H34FN5O.HI/c1-5-27-12-6-7-19(27)14-24-21(25-15-20(28)26(3)4)23-11-10-17-8-9-18(22)13-16(17)2;/h8-9,13,19H,5-7,10-12,14-15H2,1-4H3,(H2,23,24,25);1H. The largest absolute Gasteiger partial charge is 0.356 e. The summed E-state index contributed by atoms with van der Waals surface area (Å²) < 4.78 is 13.3. The number of likely N-dealkylation sites (N-methyl/N-ethyl adjacent to an activating group) is 2. The van der Waals surface area contributed by atoms with Gasteiger partial charge < -0.3 is 15.5 Å². The average Bonchev–Trinajstić information content (AvgIpc) is 3.12. The zero-order valence-corrected chi connectivity index (χ0v) is 20.3. The van der Waals surface area contributed by atoms with Crippen LogP contribution in [0.5, 0.6) is 0 Å². The second kappa shape index (κ2) is 13.0. The Kier molecular flexibility index (Phi) is 11.5. The molecule has 1 atom stereocenters. The molecule has 1 amide bonds. The van der Waals surface area contributed by atoms with Crippen LogP contribution in [0.2, 0.25) is 0 Å². The van der Waals surface area contributed by atoms with Crippen LogP contribution in [0.1, 0.15) is 30.9 Å². The van der Waals surface area contributed by atoms with Gasteiger partial charge in [-0.2, -0.15) is 0 Å². The van der Waals surface area contributed by atoms with Gasteiger partial charge in [0.15, 0.2) is 5.96 Å². The van der Waals surface area contributed by atoms with Gasteiger partial charge in [0.2, 0.25) is 5.91 Å². The van der Waals surface area contributed by atoms with Gasteiger partial charge in [-0.3, -0.25) is 9.69 Å². The first-order valence-corrected chi connectivity index (χ1v) is 10.1. The second-order valence-corrected chi connectivity index (χ2v) is 7.51. The van der Waals surface area contributed by atoms with Gasteiger partial charge in [0.1, 0.15) is 12.4 Å². The molecule has 1 aromatic rings. The van der Waals surface area contributed by atoms with Crippen LogP contribution in [-0.4, -0.2) is 74.5 Å². The quantitative estimate of drug-likeness (QED) is 0.315. The Morgan fingerprint density at radius 1 is 1.34 bits per heavy atom. The summed E-state index contributed by atoms with van der Waals surface area (Å²) in [6, 6.07) is 5.37. The third-order valence-corrected chi connectivity index (χ3v) is 5.27. The number of aliphatic imine (C=N–C) groups is 1. The van der Waals surface area contributed by atoms with Gasteiger partial charge in [0.25, 0.3) is 0 Å². The maximum atomic E-state index is 13.3. The van der Waals surface area contributed by atoms with Crippen molar-refractivity contribution >= 4 is 35.8 Å². The molecule has 0 radical (unpaired) electrons. The third kappa shape index (κ3) is 8.46. The van der Waals surface area contributed by atoms with E-state index in [9.17, 15) is 9.18 Å². The van der Waals surface area contributed by atoms with Crippen molar-refractivity contribution < 1.29 is 9.18 Å². The lowest BCUT2D eigenvalue weighted by molar-refractivity contribution is -0.127. The minimum absolute atomic E-state index is 0. The number of hydrogen-bond donors (Lipinski definition) is 2. The summed E-state index contributed by atoms with van der Waals surface area (Å²) in [5, 5.41) is 6.71. The van der Waals surface area contributed by atoms with E-state index in [1.165, 1.54) is 18.9 Å². The number of carbonyl (C=O) groups excluding carboxylic acids is 1. The molecular weight excluding hydrogens is 484 g/mol. The van der Waals surface area contributed by atoms with Crippen LogP contribution in [0.15, 0.2) is 23.2 Å². The van der Waals surface area contributed by atoms with Gasteiger partial charge >= 0.3 is 0 Å². The molecule has 2 N–H and O–H groups in total. The number of halogens is 2. The second-order valence-electron chi connectivity index (χ2n) is 7.51. The highest BCUT2D eigenvalue weighted by Crippen LogP contribution is 2.15. The topological polar surface area (TPSA) is 60.0 Å². The number of hydrogen-bond acceptors (Lipinski definition) is 3. The molecule has 0 spiro atoms. The lowest BCUT2D eigenvalue weighted by Gasteiger charge is -2.24. The Morgan fingerprint density at radius 2 is 2.10 bits per heavy atom. The van der Waals surface area contributed by atoms with Crippen LogP contribution < -0.4 is 10.6 Å². The molecule has 2 rings (SSSR count). The van der Waals surface area contributed by atoms with Crippen molar-refractivity contribution in [3.63, 3.8) is 0 Å². The van der Waals surface area contributed by atoms with E-state index < -0.39 is 0 Å². The number of aryl methyl sites for hydroxylation is 1. The Hall–Kier alpha value is -1.42. The fourth-order valence-electron chi connectivity index (χ4n) is 3.47. The molecule has 29 heavy (non-hydrogen) atoms. The van der Waals surface area contributed by atoms with E-state index in [1.807, 2.05) is 13.0 Å². The number of nitrogens with one attached hydrogen (secondary N) is 2. The Morgan fingerprint density at radius 3 is 2.76 bits per heavy atom. The molecule has 0 bridgehead atoms. The zero-order valence-electron chi connectivity index (χ0n) is 18.0. The molecule has 0 saturated carbocycles. The fourth-order valence-corrected chi connectivity index (χ4v) is 3.47. The lowest BCUT2D eigenvalue weighted by atomic mass is 10.1. The maximum absolute atomic E-state index is 13.3. The van der Waals surface area contributed by atoms with E-state index in [2.05, 4.69) is 27.4 Å². The molecule has 0 aromatic heterocycles. The van der Waals surface area contributed by atoms with Crippen LogP contribution in [0, 0.1) is 12.7 Å². The molecule has 1 fully saturated rings. The molecule has 1 aliphatic heterocycles. The van der Waals surface area contributed by atoms with Gasteiger partial charge in [0.05, 0.1) is 0 Å². The molecule has 1 aliphatic rings. The van der Waals surface area contributed by atoms with Gasteiger partial charge in [0, 0.05) is 33.2 Å². The normalized spacial score (nSPS) is 17.0. The van der Waals surface area contributed by atoms with E-state index in [0.29, 0.717) is 18.5 Å². The number of rotatable bonds is 8. The summed E-state index contributed by atoms with van der Waals surface area (Å²) in [6.07, 6.45) is 3.17. The van der Waals surface area contributed by atoms with Crippen LogP contribution in [0.25, 0.3) is 0 Å². The monoisotopic (exact) mass is 519 g/mol. The molecular formula is C21H35FIN5O. The lowest BCUT2D eigenvalue weighted by Crippen LogP contribution is -2.45. The number of amides is 1. The van der Waals surface area contributed by atoms with Crippen molar-refractivity contribution in [3.05, 3.63) is 35.1 Å². The Labute approximate surface area is 191 Å². The molecule has 1 aromatic carbocycles. The minimum atomic E-state index is -0.211. The first kappa shape index (κ1) is 25.6. The smallest absolute Gasteiger partial charge is 0.243 e. The fraction of sp³-hybridized carbons (Fsp3) is 0.619. The summed E-state index contributed by atoms with van der Waals surface area (Å²) in [4.78, 5) is 20.4. The summed E-state index contributed by atoms with van der Waals surface area (Å²) in [6.45, 7) is 7.89. The number of guanidine groups is 1. The SMILES string of the molecule is CCN1CCCC1CNC(=NCC(=O)N(C)C)NCCc1ccc(F)cc1C.I. The predicted octanol–water partition coefficient (Wildman–Crippen LogP) is 2.40. The number of likely N-dealkylation sites (tertiary alicyclic amines) is 1. The zero-order chi connectivity index (χ0) is 20.5. The van der Waals surface area contributed by atoms with E-state index in [-0.39, 0.29) is 42.2 Å².